The molecule has 8 heteroatoms. The van der Waals surface area contributed by atoms with E-state index in [-0.39, 0.29) is 23.2 Å². The highest BCUT2D eigenvalue weighted by atomic mass is 35.5. The SMILES string of the molecule is C[C@@H](N)C(=O)NCc1ccc(S(=O)(=O)N(C)C)cc1.Cl. The van der Waals surface area contributed by atoms with Crippen LogP contribution in [0, 0.1) is 0 Å². The van der Waals surface area contributed by atoms with Crippen LogP contribution in [-0.4, -0.2) is 38.8 Å². The van der Waals surface area contributed by atoms with E-state index in [1.54, 1.807) is 19.1 Å². The van der Waals surface area contributed by atoms with Crippen molar-refractivity contribution < 1.29 is 13.2 Å². The number of benzene rings is 1. The molecule has 0 saturated heterocycles. The van der Waals surface area contributed by atoms with E-state index in [1.807, 2.05) is 0 Å². The zero-order valence-electron chi connectivity index (χ0n) is 11.7. The van der Waals surface area contributed by atoms with Gasteiger partial charge in [0.05, 0.1) is 10.9 Å². The van der Waals surface area contributed by atoms with E-state index >= 15 is 0 Å². The number of halogens is 1. The van der Waals surface area contributed by atoms with Gasteiger partial charge >= 0.3 is 0 Å². The van der Waals surface area contributed by atoms with Gasteiger partial charge in [0.1, 0.15) is 0 Å². The Morgan fingerprint density at radius 1 is 1.30 bits per heavy atom. The average Bonchev–Trinajstić information content (AvgIpc) is 2.36. The van der Waals surface area contributed by atoms with Gasteiger partial charge in [0.2, 0.25) is 15.9 Å². The fraction of sp³-hybridized carbons (Fsp3) is 0.417. The maximum atomic E-state index is 11.8. The number of hydrogen-bond donors (Lipinski definition) is 2. The van der Waals surface area contributed by atoms with Crippen molar-refractivity contribution in [1.82, 2.24) is 9.62 Å². The van der Waals surface area contributed by atoms with E-state index in [9.17, 15) is 13.2 Å². The Bertz CT molecular complexity index is 542. The van der Waals surface area contributed by atoms with Gasteiger partial charge in [0.15, 0.2) is 0 Å². The summed E-state index contributed by atoms with van der Waals surface area (Å²) in [6, 6.07) is 5.80. The number of carbonyl (C=O) groups excluding carboxylic acids is 1. The molecule has 1 atom stereocenters. The van der Waals surface area contributed by atoms with E-state index in [0.29, 0.717) is 6.54 Å². The lowest BCUT2D eigenvalue weighted by Crippen LogP contribution is -2.37. The quantitative estimate of drug-likeness (QED) is 0.817. The molecule has 0 saturated carbocycles. The highest BCUT2D eigenvalue weighted by Gasteiger charge is 2.16. The van der Waals surface area contributed by atoms with Crippen LogP contribution in [0.5, 0.6) is 0 Å². The van der Waals surface area contributed by atoms with Gasteiger partial charge in [-0.15, -0.1) is 12.4 Å². The van der Waals surface area contributed by atoms with Gasteiger partial charge in [-0.3, -0.25) is 4.79 Å². The Balaban J connectivity index is 0.00000361. The minimum Gasteiger partial charge on any atom is -0.351 e. The molecule has 0 spiro atoms. The molecule has 0 aliphatic rings. The Hall–Kier alpha value is -1.15. The van der Waals surface area contributed by atoms with Crippen LogP contribution < -0.4 is 11.1 Å². The van der Waals surface area contributed by atoms with Crippen molar-refractivity contribution in [2.45, 2.75) is 24.4 Å². The first-order valence-electron chi connectivity index (χ1n) is 5.80. The second-order valence-electron chi connectivity index (χ2n) is 4.44. The van der Waals surface area contributed by atoms with Gasteiger partial charge in [-0.2, -0.15) is 0 Å². The minimum absolute atomic E-state index is 0. The second kappa shape index (κ2) is 7.58. The molecule has 0 unspecified atom stereocenters. The van der Waals surface area contributed by atoms with Gasteiger partial charge in [0, 0.05) is 20.6 Å². The van der Waals surface area contributed by atoms with Crippen LogP contribution in [0.1, 0.15) is 12.5 Å². The molecule has 0 heterocycles. The molecule has 1 aromatic rings. The summed E-state index contributed by atoms with van der Waals surface area (Å²) in [5.74, 6) is -0.245. The summed E-state index contributed by atoms with van der Waals surface area (Å²) in [7, 11) is -0.456. The van der Waals surface area contributed by atoms with Gasteiger partial charge in [0.25, 0.3) is 0 Å². The molecule has 1 amide bonds. The first-order valence-corrected chi connectivity index (χ1v) is 7.24. The second-order valence-corrected chi connectivity index (χ2v) is 6.59. The average molecular weight is 322 g/mol. The van der Waals surface area contributed by atoms with Crippen LogP contribution in [0.25, 0.3) is 0 Å². The predicted octanol–water partition coefficient (Wildman–Crippen LogP) is 0.322. The van der Waals surface area contributed by atoms with Gasteiger partial charge in [-0.25, -0.2) is 12.7 Å². The van der Waals surface area contributed by atoms with Crippen molar-refractivity contribution in [1.29, 1.82) is 0 Å². The lowest BCUT2D eigenvalue weighted by Gasteiger charge is -2.12. The largest absolute Gasteiger partial charge is 0.351 e. The molecular formula is C12H20ClN3O3S. The van der Waals surface area contributed by atoms with Gasteiger partial charge in [-0.1, -0.05) is 12.1 Å². The summed E-state index contributed by atoms with van der Waals surface area (Å²) in [6.07, 6.45) is 0. The molecule has 0 aliphatic heterocycles. The third-order valence-corrected chi connectivity index (χ3v) is 4.41. The lowest BCUT2D eigenvalue weighted by molar-refractivity contribution is -0.122. The van der Waals surface area contributed by atoms with Gasteiger partial charge in [-0.05, 0) is 24.6 Å². The molecule has 0 fully saturated rings. The molecule has 6 nitrogen and oxygen atoms in total. The summed E-state index contributed by atoms with van der Waals surface area (Å²) in [4.78, 5) is 11.5. The van der Waals surface area contributed by atoms with E-state index in [0.717, 1.165) is 9.87 Å². The molecule has 3 N–H and O–H groups in total. The van der Waals surface area contributed by atoms with Crippen LogP contribution >= 0.6 is 12.4 Å². The smallest absolute Gasteiger partial charge is 0.242 e. The van der Waals surface area contributed by atoms with Crippen molar-refractivity contribution in [2.75, 3.05) is 14.1 Å². The number of amides is 1. The van der Waals surface area contributed by atoms with Crippen LogP contribution in [0.15, 0.2) is 29.2 Å². The lowest BCUT2D eigenvalue weighted by atomic mass is 10.2. The summed E-state index contributed by atoms with van der Waals surface area (Å²) in [5, 5.41) is 2.66. The molecule has 0 aliphatic carbocycles. The number of nitrogens with one attached hydrogen (secondary N) is 1. The maximum Gasteiger partial charge on any atom is 0.242 e. The van der Waals surface area contributed by atoms with Crippen LogP contribution in [0.2, 0.25) is 0 Å². The Morgan fingerprint density at radius 2 is 1.80 bits per heavy atom. The summed E-state index contributed by atoms with van der Waals surface area (Å²) in [5.41, 5.74) is 6.23. The third kappa shape index (κ3) is 4.75. The van der Waals surface area contributed by atoms with Crippen molar-refractivity contribution in [3.05, 3.63) is 29.8 Å². The molecule has 20 heavy (non-hydrogen) atoms. The zero-order valence-corrected chi connectivity index (χ0v) is 13.3. The maximum absolute atomic E-state index is 11.8. The fourth-order valence-corrected chi connectivity index (χ4v) is 2.24. The molecule has 0 bridgehead atoms. The highest BCUT2D eigenvalue weighted by Crippen LogP contribution is 2.13. The standard InChI is InChI=1S/C12H19N3O3S.ClH/c1-9(13)12(16)14-8-10-4-6-11(7-5-10)19(17,18)15(2)3;/h4-7,9H,8,13H2,1-3H3,(H,14,16);1H/t9-;/m1./s1. The molecule has 1 aromatic carbocycles. The number of nitrogens with zero attached hydrogens (tertiary/aromatic N) is 1. The fourth-order valence-electron chi connectivity index (χ4n) is 1.34. The topological polar surface area (TPSA) is 92.5 Å². The van der Waals surface area contributed by atoms with E-state index in [1.165, 1.54) is 26.2 Å². The van der Waals surface area contributed by atoms with Crippen LogP contribution in [-0.2, 0) is 21.4 Å². The number of hydrogen-bond acceptors (Lipinski definition) is 4. The number of carbonyl (C=O) groups is 1. The predicted molar refractivity (Wildman–Crippen MR) is 80.1 cm³/mol. The summed E-state index contributed by atoms with van der Waals surface area (Å²) < 4.78 is 24.8. The van der Waals surface area contributed by atoms with E-state index in [2.05, 4.69) is 5.32 Å². The Kier molecular flexibility index (Phi) is 7.15. The number of nitrogens with two attached hydrogens (primary N) is 1. The molecule has 114 valence electrons. The molecular weight excluding hydrogens is 302 g/mol. The van der Waals surface area contributed by atoms with Gasteiger partial charge < -0.3 is 11.1 Å². The van der Waals surface area contributed by atoms with Crippen molar-refractivity contribution in [3.63, 3.8) is 0 Å². The Labute approximate surface area is 125 Å². The Morgan fingerprint density at radius 3 is 2.20 bits per heavy atom. The number of rotatable bonds is 5. The first-order chi connectivity index (χ1) is 8.75. The minimum atomic E-state index is -3.41. The third-order valence-electron chi connectivity index (χ3n) is 2.58. The summed E-state index contributed by atoms with van der Waals surface area (Å²) >= 11 is 0. The van der Waals surface area contributed by atoms with Crippen molar-refractivity contribution >= 4 is 28.3 Å². The molecule has 1 rings (SSSR count). The van der Waals surface area contributed by atoms with E-state index in [4.69, 9.17) is 5.73 Å². The zero-order chi connectivity index (χ0) is 14.6. The first kappa shape index (κ1) is 18.9. The normalized spacial score (nSPS) is 12.7. The van der Waals surface area contributed by atoms with Crippen LogP contribution in [0.3, 0.4) is 0 Å². The molecule has 0 aromatic heterocycles. The monoisotopic (exact) mass is 321 g/mol. The summed E-state index contributed by atoms with van der Waals surface area (Å²) in [6.45, 7) is 1.92. The molecule has 0 radical (unpaired) electrons. The van der Waals surface area contributed by atoms with Crippen molar-refractivity contribution in [3.8, 4) is 0 Å². The van der Waals surface area contributed by atoms with E-state index < -0.39 is 16.1 Å². The van der Waals surface area contributed by atoms with Crippen LogP contribution in [0.4, 0.5) is 0 Å². The highest BCUT2D eigenvalue weighted by molar-refractivity contribution is 7.89. The van der Waals surface area contributed by atoms with Crippen molar-refractivity contribution in [2.24, 2.45) is 5.73 Å². The number of sulfonamides is 1.